The van der Waals surface area contributed by atoms with Crippen LogP contribution < -0.4 is 4.31 Å². The number of halogens is 1. The molecule has 1 N–H and O–H groups in total. The SMILES string of the molecule is CCN(c1nc(-c2ccc(F)cc2)sc1C)S(=O)(=O)c1ccc(C(C)C)c(C(=O)O)c1. The van der Waals surface area contributed by atoms with Crippen LogP contribution in [0.4, 0.5) is 10.2 Å². The summed E-state index contributed by atoms with van der Waals surface area (Å²) in [6.07, 6.45) is 0. The lowest BCUT2D eigenvalue weighted by Crippen LogP contribution is -2.31. The van der Waals surface area contributed by atoms with Gasteiger partial charge in [0.05, 0.1) is 10.5 Å². The fourth-order valence-corrected chi connectivity index (χ4v) is 5.77. The Morgan fingerprint density at radius 1 is 1.19 bits per heavy atom. The van der Waals surface area contributed by atoms with Crippen LogP contribution in [0.3, 0.4) is 0 Å². The number of carbonyl (C=O) groups is 1. The van der Waals surface area contributed by atoms with E-state index in [4.69, 9.17) is 0 Å². The van der Waals surface area contributed by atoms with Crippen LogP contribution in [-0.4, -0.2) is 31.0 Å². The van der Waals surface area contributed by atoms with Crippen LogP contribution in [0.15, 0.2) is 47.4 Å². The van der Waals surface area contributed by atoms with E-state index in [1.54, 1.807) is 32.0 Å². The number of aryl methyl sites for hydroxylation is 1. The third kappa shape index (κ3) is 4.47. The molecule has 1 heterocycles. The predicted octanol–water partition coefficient (Wildman–Crippen LogP) is 5.29. The minimum Gasteiger partial charge on any atom is -0.478 e. The maximum atomic E-state index is 13.4. The molecule has 3 rings (SSSR count). The largest absolute Gasteiger partial charge is 0.478 e. The molecule has 31 heavy (non-hydrogen) atoms. The zero-order chi connectivity index (χ0) is 22.9. The summed E-state index contributed by atoms with van der Waals surface area (Å²) in [6, 6.07) is 10.0. The molecule has 0 saturated carbocycles. The molecular weight excluding hydrogens is 439 g/mol. The molecule has 0 atom stereocenters. The van der Waals surface area contributed by atoms with Gasteiger partial charge in [-0.2, -0.15) is 0 Å². The summed E-state index contributed by atoms with van der Waals surface area (Å²) in [5, 5.41) is 10.1. The van der Waals surface area contributed by atoms with Crippen LogP contribution >= 0.6 is 11.3 Å². The van der Waals surface area contributed by atoms with Crippen LogP contribution in [0.5, 0.6) is 0 Å². The smallest absolute Gasteiger partial charge is 0.336 e. The molecule has 164 valence electrons. The number of carboxylic acid groups (broad SMARTS) is 1. The second-order valence-corrected chi connectivity index (χ2v) is 10.3. The Morgan fingerprint density at radius 3 is 2.39 bits per heavy atom. The standard InChI is InChI=1S/C22H23FN2O4S2/c1-5-25(20-14(4)30-21(24-20)15-6-8-16(23)9-7-15)31(28,29)17-10-11-18(13(2)3)19(12-17)22(26)27/h6-13H,5H2,1-4H3,(H,26,27). The van der Waals surface area contributed by atoms with Gasteiger partial charge in [0, 0.05) is 17.0 Å². The van der Waals surface area contributed by atoms with Crippen molar-refractivity contribution in [3.8, 4) is 10.6 Å². The molecule has 0 aliphatic rings. The van der Waals surface area contributed by atoms with Gasteiger partial charge >= 0.3 is 5.97 Å². The third-order valence-electron chi connectivity index (χ3n) is 4.85. The summed E-state index contributed by atoms with van der Waals surface area (Å²) in [4.78, 5) is 16.8. The fourth-order valence-electron chi connectivity index (χ4n) is 3.28. The molecule has 0 fully saturated rings. The first-order valence-electron chi connectivity index (χ1n) is 9.69. The number of sulfonamides is 1. The zero-order valence-corrected chi connectivity index (χ0v) is 19.2. The van der Waals surface area contributed by atoms with E-state index in [-0.39, 0.29) is 34.6 Å². The van der Waals surface area contributed by atoms with Crippen molar-refractivity contribution >= 4 is 33.1 Å². The van der Waals surface area contributed by atoms with Gasteiger partial charge < -0.3 is 5.11 Å². The Hall–Kier alpha value is -2.78. The first-order valence-corrected chi connectivity index (χ1v) is 11.9. The first-order chi connectivity index (χ1) is 14.6. The quantitative estimate of drug-likeness (QED) is 0.515. The van der Waals surface area contributed by atoms with Gasteiger partial charge in [0.15, 0.2) is 5.82 Å². The van der Waals surface area contributed by atoms with Crippen LogP contribution in [0.1, 0.15) is 47.5 Å². The van der Waals surface area contributed by atoms with Crippen molar-refractivity contribution in [1.29, 1.82) is 0 Å². The molecule has 9 heteroatoms. The minimum absolute atomic E-state index is 0.0332. The van der Waals surface area contributed by atoms with Gasteiger partial charge in [-0.25, -0.2) is 26.9 Å². The summed E-state index contributed by atoms with van der Waals surface area (Å²) in [5.41, 5.74) is 1.22. The maximum absolute atomic E-state index is 13.4. The molecule has 3 aromatic rings. The van der Waals surface area contributed by atoms with Gasteiger partial charge in [-0.3, -0.25) is 0 Å². The van der Waals surface area contributed by atoms with E-state index in [9.17, 15) is 22.7 Å². The number of rotatable bonds is 7. The first kappa shape index (κ1) is 22.9. The van der Waals surface area contributed by atoms with Gasteiger partial charge in [-0.15, -0.1) is 11.3 Å². The summed E-state index contributed by atoms with van der Waals surface area (Å²) in [5.74, 6) is -1.33. The number of aromatic nitrogens is 1. The number of benzene rings is 2. The monoisotopic (exact) mass is 462 g/mol. The molecule has 0 unspecified atom stereocenters. The highest BCUT2D eigenvalue weighted by Gasteiger charge is 2.29. The highest BCUT2D eigenvalue weighted by Crippen LogP contribution is 2.35. The highest BCUT2D eigenvalue weighted by molar-refractivity contribution is 7.92. The van der Waals surface area contributed by atoms with Crippen molar-refractivity contribution in [2.45, 2.75) is 38.5 Å². The molecule has 0 aliphatic carbocycles. The van der Waals surface area contributed by atoms with Crippen molar-refractivity contribution < 1.29 is 22.7 Å². The number of aromatic carboxylic acids is 1. The van der Waals surface area contributed by atoms with E-state index in [0.717, 1.165) is 0 Å². The topological polar surface area (TPSA) is 87.6 Å². The average molecular weight is 463 g/mol. The molecule has 0 spiro atoms. The van der Waals surface area contributed by atoms with Crippen molar-refractivity contribution in [2.24, 2.45) is 0 Å². The Bertz CT molecular complexity index is 1220. The third-order valence-corrected chi connectivity index (χ3v) is 7.72. The Kier molecular flexibility index (Phi) is 6.47. The van der Waals surface area contributed by atoms with Crippen molar-refractivity contribution in [1.82, 2.24) is 4.98 Å². The maximum Gasteiger partial charge on any atom is 0.336 e. The number of anilines is 1. The lowest BCUT2D eigenvalue weighted by Gasteiger charge is -2.22. The number of thiazole rings is 1. The minimum atomic E-state index is -4.05. The van der Waals surface area contributed by atoms with E-state index in [1.807, 2.05) is 13.8 Å². The molecule has 0 amide bonds. The van der Waals surface area contributed by atoms with Crippen LogP contribution in [0, 0.1) is 12.7 Å². The molecule has 0 bridgehead atoms. The Morgan fingerprint density at radius 2 is 1.84 bits per heavy atom. The van der Waals surface area contributed by atoms with E-state index in [2.05, 4.69) is 4.98 Å². The molecule has 0 saturated heterocycles. The van der Waals surface area contributed by atoms with Crippen molar-refractivity contribution in [3.63, 3.8) is 0 Å². The van der Waals surface area contributed by atoms with Crippen LogP contribution in [0.25, 0.3) is 10.6 Å². The van der Waals surface area contributed by atoms with E-state index in [1.165, 1.54) is 39.9 Å². The van der Waals surface area contributed by atoms with Gasteiger partial charge in [0.1, 0.15) is 10.8 Å². The fraction of sp³-hybridized carbons (Fsp3) is 0.273. The number of hydrogen-bond donors (Lipinski definition) is 1. The Labute approximate surface area is 185 Å². The number of nitrogens with zero attached hydrogens (tertiary/aromatic N) is 2. The zero-order valence-electron chi connectivity index (χ0n) is 17.6. The van der Waals surface area contributed by atoms with E-state index >= 15 is 0 Å². The molecule has 2 aromatic carbocycles. The molecule has 1 aromatic heterocycles. The van der Waals surface area contributed by atoms with Gasteiger partial charge in [0.2, 0.25) is 0 Å². The van der Waals surface area contributed by atoms with Crippen LogP contribution in [-0.2, 0) is 10.0 Å². The summed E-state index contributed by atoms with van der Waals surface area (Å²) in [7, 11) is -4.05. The predicted molar refractivity (Wildman–Crippen MR) is 120 cm³/mol. The normalized spacial score (nSPS) is 11.7. The van der Waals surface area contributed by atoms with Crippen molar-refractivity contribution in [2.75, 3.05) is 10.8 Å². The molecule has 0 radical (unpaired) electrons. The average Bonchev–Trinajstić information content (AvgIpc) is 3.09. The van der Waals surface area contributed by atoms with E-state index < -0.39 is 16.0 Å². The second-order valence-electron chi connectivity index (χ2n) is 7.28. The van der Waals surface area contributed by atoms with Gasteiger partial charge in [-0.1, -0.05) is 19.9 Å². The number of hydrogen-bond acceptors (Lipinski definition) is 5. The summed E-state index contributed by atoms with van der Waals surface area (Å²) < 4.78 is 41.2. The Balaban J connectivity index is 2.07. The molecule has 0 aliphatic heterocycles. The lowest BCUT2D eigenvalue weighted by molar-refractivity contribution is 0.0695. The number of carboxylic acids is 1. The molecular formula is C22H23FN2O4S2. The van der Waals surface area contributed by atoms with Gasteiger partial charge in [0.25, 0.3) is 10.0 Å². The summed E-state index contributed by atoms with van der Waals surface area (Å²) in [6.45, 7) is 7.27. The summed E-state index contributed by atoms with van der Waals surface area (Å²) >= 11 is 1.31. The van der Waals surface area contributed by atoms with Crippen molar-refractivity contribution in [3.05, 3.63) is 64.3 Å². The lowest BCUT2D eigenvalue weighted by atomic mass is 9.97. The molecule has 6 nitrogen and oxygen atoms in total. The second kappa shape index (κ2) is 8.76. The van der Waals surface area contributed by atoms with Crippen LogP contribution in [0.2, 0.25) is 0 Å². The van der Waals surface area contributed by atoms with Gasteiger partial charge in [-0.05, 0) is 61.7 Å². The van der Waals surface area contributed by atoms with E-state index in [0.29, 0.717) is 21.0 Å². The highest BCUT2D eigenvalue weighted by atomic mass is 32.2.